The van der Waals surface area contributed by atoms with Crippen LogP contribution in [0.3, 0.4) is 0 Å². The molecule has 0 bridgehead atoms. The summed E-state index contributed by atoms with van der Waals surface area (Å²) in [6, 6.07) is 14.0. The maximum absolute atomic E-state index is 5.04. The molecule has 0 radical (unpaired) electrons. The fourth-order valence-electron chi connectivity index (χ4n) is 5.06. The van der Waals surface area contributed by atoms with E-state index < -0.39 is 5.41 Å². The second-order valence-electron chi connectivity index (χ2n) is 10.9. The number of aliphatic imine (C=N–C) groups is 1. The molecule has 0 unspecified atom stereocenters. The molecule has 4 aromatic rings. The first-order valence-corrected chi connectivity index (χ1v) is 13.5. The van der Waals surface area contributed by atoms with Crippen molar-refractivity contribution in [2.45, 2.75) is 41.5 Å². The second kappa shape index (κ2) is 9.82. The lowest BCUT2D eigenvalue weighted by Crippen LogP contribution is -2.28. The van der Waals surface area contributed by atoms with Gasteiger partial charge in [-0.25, -0.2) is 14.4 Å². The van der Waals surface area contributed by atoms with Crippen LogP contribution in [0.5, 0.6) is 0 Å². The van der Waals surface area contributed by atoms with Crippen LogP contribution in [-0.2, 0) is 0 Å². The topological polar surface area (TPSA) is 89.9 Å². The number of aromatic nitrogens is 7. The molecule has 2 aliphatic heterocycles. The van der Waals surface area contributed by atoms with Gasteiger partial charge in [0.15, 0.2) is 5.82 Å². The Morgan fingerprint density at radius 1 is 0.805 bits per heavy atom. The quantitative estimate of drug-likeness (QED) is 0.337. The van der Waals surface area contributed by atoms with E-state index in [4.69, 9.17) is 19.9 Å². The summed E-state index contributed by atoms with van der Waals surface area (Å²) in [7, 11) is 2.00. The highest BCUT2D eigenvalue weighted by atomic mass is 15.4. The maximum atomic E-state index is 5.04. The second-order valence-corrected chi connectivity index (χ2v) is 10.9. The van der Waals surface area contributed by atoms with Gasteiger partial charge in [0.25, 0.3) is 11.9 Å². The van der Waals surface area contributed by atoms with E-state index in [9.17, 15) is 0 Å². The monoisotopic (exact) mass is 541 g/mol. The molecule has 9 heteroatoms. The van der Waals surface area contributed by atoms with Gasteiger partial charge in [-0.2, -0.15) is 25.1 Å². The molecule has 41 heavy (non-hydrogen) atoms. The summed E-state index contributed by atoms with van der Waals surface area (Å²) in [6.45, 7) is 12.2. The molecule has 0 fully saturated rings. The molecule has 1 aromatic carbocycles. The summed E-state index contributed by atoms with van der Waals surface area (Å²) in [5, 5.41) is 9.22. The highest BCUT2D eigenvalue weighted by molar-refractivity contribution is 6.06. The third-order valence-corrected chi connectivity index (χ3v) is 7.17. The first kappa shape index (κ1) is 26.1. The van der Waals surface area contributed by atoms with Crippen molar-refractivity contribution in [3.63, 3.8) is 0 Å². The number of hydrogen-bond donors (Lipinski definition) is 0. The Balaban J connectivity index is 1.43. The standard InChI is InChI=1S/C32H31N9/c1-20-15-22(3)40(37-20)30-34-28(35-31(36-30)41-23(4)16-21(2)38-41)18-27-32(5,6)26-17-25(19-39(7)29(26)33-27)14-13-24-11-9-8-10-12-24/h8-12,15-19H,1-7H3/b27-18-. The molecule has 0 saturated heterocycles. The summed E-state index contributed by atoms with van der Waals surface area (Å²) in [4.78, 5) is 21.4. The third-order valence-electron chi connectivity index (χ3n) is 7.17. The van der Waals surface area contributed by atoms with Crippen LogP contribution in [0.1, 0.15) is 48.0 Å². The number of allylic oxidation sites excluding steroid dienone is 3. The van der Waals surface area contributed by atoms with Crippen LogP contribution in [0.15, 0.2) is 76.6 Å². The molecular weight excluding hydrogens is 510 g/mol. The van der Waals surface area contributed by atoms with Crippen LogP contribution in [0.2, 0.25) is 0 Å². The number of rotatable bonds is 3. The number of likely N-dealkylation sites (N-methyl/N-ethyl adjacent to an activating group) is 1. The zero-order valence-corrected chi connectivity index (χ0v) is 24.3. The van der Waals surface area contributed by atoms with E-state index in [0.717, 1.165) is 51.0 Å². The predicted molar refractivity (Wildman–Crippen MR) is 159 cm³/mol. The number of nitrogens with zero attached hydrogens (tertiary/aromatic N) is 9. The van der Waals surface area contributed by atoms with Gasteiger partial charge < -0.3 is 4.90 Å². The lowest BCUT2D eigenvalue weighted by molar-refractivity contribution is 0.565. The molecule has 0 spiro atoms. The van der Waals surface area contributed by atoms with E-state index in [2.05, 4.69) is 42.0 Å². The normalized spacial score (nSPS) is 16.6. The lowest BCUT2D eigenvalue weighted by atomic mass is 9.81. The molecule has 0 atom stereocenters. The Morgan fingerprint density at radius 3 is 1.98 bits per heavy atom. The number of benzene rings is 1. The highest BCUT2D eigenvalue weighted by Gasteiger charge is 2.40. The molecule has 0 N–H and O–H groups in total. The maximum Gasteiger partial charge on any atom is 0.256 e. The SMILES string of the molecule is Cc1cc(C)n(-c2nc(/C=C3\N=C4C(=CC(C#Cc5ccccc5)=CN4C)C3(C)C)nc(-n3nc(C)cc3C)n2)n1. The molecule has 2 aliphatic rings. The van der Waals surface area contributed by atoms with Gasteiger partial charge in [-0.1, -0.05) is 43.9 Å². The Hall–Kier alpha value is -5.10. The van der Waals surface area contributed by atoms with Gasteiger partial charge in [-0.3, -0.25) is 0 Å². The highest BCUT2D eigenvalue weighted by Crippen LogP contribution is 2.45. The van der Waals surface area contributed by atoms with Crippen molar-refractivity contribution in [1.82, 2.24) is 39.4 Å². The van der Waals surface area contributed by atoms with Gasteiger partial charge in [-0.05, 0) is 58.0 Å². The van der Waals surface area contributed by atoms with Gasteiger partial charge in [-0.15, -0.1) is 0 Å². The van der Waals surface area contributed by atoms with E-state index in [0.29, 0.717) is 17.7 Å². The van der Waals surface area contributed by atoms with Gasteiger partial charge in [0.05, 0.1) is 17.1 Å². The summed E-state index contributed by atoms with van der Waals surface area (Å²) in [6.07, 6.45) is 6.08. The van der Waals surface area contributed by atoms with Crippen LogP contribution in [0, 0.1) is 45.0 Å². The van der Waals surface area contributed by atoms with Crippen LogP contribution in [-0.4, -0.2) is 52.3 Å². The van der Waals surface area contributed by atoms with Gasteiger partial charge in [0, 0.05) is 52.8 Å². The molecule has 0 amide bonds. The van der Waals surface area contributed by atoms with Crippen molar-refractivity contribution in [3.8, 4) is 23.7 Å². The Labute approximate surface area is 239 Å². The molecular formula is C32H31N9. The fourth-order valence-corrected chi connectivity index (χ4v) is 5.06. The third kappa shape index (κ3) is 4.89. The van der Waals surface area contributed by atoms with E-state index in [1.54, 1.807) is 9.36 Å². The first-order chi connectivity index (χ1) is 19.6. The van der Waals surface area contributed by atoms with Crippen LogP contribution in [0.4, 0.5) is 0 Å². The van der Waals surface area contributed by atoms with Crippen LogP contribution < -0.4 is 0 Å². The fraction of sp³-hybridized carbons (Fsp3) is 0.250. The first-order valence-electron chi connectivity index (χ1n) is 13.5. The molecule has 3 aromatic heterocycles. The molecule has 0 aliphatic carbocycles. The van der Waals surface area contributed by atoms with Crippen molar-refractivity contribution in [1.29, 1.82) is 0 Å². The van der Waals surface area contributed by atoms with Crippen molar-refractivity contribution in [2.75, 3.05) is 7.05 Å². The largest absolute Gasteiger partial charge is 0.335 e. The van der Waals surface area contributed by atoms with E-state index in [1.807, 2.05) is 94.4 Å². The average Bonchev–Trinajstić information content (AvgIpc) is 3.54. The van der Waals surface area contributed by atoms with Crippen molar-refractivity contribution < 1.29 is 0 Å². The minimum absolute atomic E-state index is 0.402. The van der Waals surface area contributed by atoms with Crippen LogP contribution >= 0.6 is 0 Å². The Kier molecular flexibility index (Phi) is 6.26. The summed E-state index contributed by atoms with van der Waals surface area (Å²) in [5.41, 5.74) is 7.08. The van der Waals surface area contributed by atoms with Gasteiger partial charge in [0.1, 0.15) is 5.84 Å². The Morgan fingerprint density at radius 2 is 1.41 bits per heavy atom. The minimum atomic E-state index is -0.402. The minimum Gasteiger partial charge on any atom is -0.335 e. The van der Waals surface area contributed by atoms with Gasteiger partial charge in [0.2, 0.25) is 0 Å². The molecule has 0 saturated carbocycles. The Bertz CT molecular complexity index is 1800. The zero-order chi connectivity index (χ0) is 28.9. The summed E-state index contributed by atoms with van der Waals surface area (Å²) < 4.78 is 3.47. The number of aryl methyl sites for hydroxylation is 4. The predicted octanol–water partition coefficient (Wildman–Crippen LogP) is 5.06. The van der Waals surface area contributed by atoms with E-state index >= 15 is 0 Å². The molecule has 6 rings (SSSR count). The van der Waals surface area contributed by atoms with E-state index in [1.165, 1.54) is 0 Å². The summed E-state index contributed by atoms with van der Waals surface area (Å²) >= 11 is 0. The molecule has 5 heterocycles. The van der Waals surface area contributed by atoms with E-state index in [-0.39, 0.29) is 0 Å². The number of fused-ring (bicyclic) bond motifs is 1. The molecule has 204 valence electrons. The van der Waals surface area contributed by atoms with Crippen molar-refractivity contribution in [2.24, 2.45) is 10.4 Å². The van der Waals surface area contributed by atoms with Crippen molar-refractivity contribution in [3.05, 3.63) is 106 Å². The smallest absolute Gasteiger partial charge is 0.256 e. The van der Waals surface area contributed by atoms with Gasteiger partial charge >= 0.3 is 0 Å². The zero-order valence-electron chi connectivity index (χ0n) is 24.3. The van der Waals surface area contributed by atoms with Crippen molar-refractivity contribution >= 4 is 11.9 Å². The lowest BCUT2D eigenvalue weighted by Gasteiger charge is -2.27. The number of amidine groups is 1. The average molecular weight is 542 g/mol. The van der Waals surface area contributed by atoms with Crippen LogP contribution in [0.25, 0.3) is 18.0 Å². The molecule has 9 nitrogen and oxygen atoms in total. The summed E-state index contributed by atoms with van der Waals surface area (Å²) in [5.74, 6) is 8.80. The number of hydrogen-bond acceptors (Lipinski definition) is 7.